The summed E-state index contributed by atoms with van der Waals surface area (Å²) in [5.74, 6) is 0.802. The predicted molar refractivity (Wildman–Crippen MR) is 39.0 cm³/mol. The van der Waals surface area contributed by atoms with Crippen LogP contribution in [-0.4, -0.2) is 18.3 Å². The Hall–Kier alpha value is -0.0849. The first kappa shape index (κ1) is 10.9. The number of ether oxygens (including phenoxy) is 1. The van der Waals surface area contributed by atoms with Crippen LogP contribution in [0.3, 0.4) is 0 Å². The van der Waals surface area contributed by atoms with E-state index < -0.39 is 0 Å². The maximum atomic E-state index is 8.40. The van der Waals surface area contributed by atoms with Crippen LogP contribution in [0.2, 0.25) is 0 Å². The van der Waals surface area contributed by atoms with E-state index in [1.54, 1.807) is 0 Å². The molecule has 0 aromatic heterocycles. The standard InChI is InChI=1S/C8H10O2.Hg/c9-6-7-10-8-4-2-1-3-5-8;/h1-5,9H,6-7H2;. The van der Waals surface area contributed by atoms with E-state index in [2.05, 4.69) is 0 Å². The summed E-state index contributed by atoms with van der Waals surface area (Å²) in [6.07, 6.45) is 0. The van der Waals surface area contributed by atoms with E-state index in [1.165, 1.54) is 0 Å². The maximum Gasteiger partial charge on any atom is 0.119 e. The fourth-order valence-corrected chi connectivity index (χ4v) is 0.680. The van der Waals surface area contributed by atoms with Gasteiger partial charge in [0.1, 0.15) is 12.4 Å². The van der Waals surface area contributed by atoms with Gasteiger partial charge in [0.25, 0.3) is 0 Å². The normalized spacial score (nSPS) is 8.45. The van der Waals surface area contributed by atoms with E-state index in [0.29, 0.717) is 6.61 Å². The molecule has 3 heteroatoms. The van der Waals surface area contributed by atoms with Gasteiger partial charge in [-0.2, -0.15) is 0 Å². The van der Waals surface area contributed by atoms with Crippen molar-refractivity contribution < 1.29 is 37.5 Å². The number of hydrogen-bond acceptors (Lipinski definition) is 2. The Morgan fingerprint density at radius 1 is 1.18 bits per heavy atom. The van der Waals surface area contributed by atoms with Gasteiger partial charge in [-0.3, -0.25) is 0 Å². The quantitative estimate of drug-likeness (QED) is 0.835. The molecule has 0 saturated heterocycles. The zero-order chi connectivity index (χ0) is 7.23. The van der Waals surface area contributed by atoms with E-state index in [0.717, 1.165) is 5.75 Å². The molecule has 1 aromatic rings. The van der Waals surface area contributed by atoms with Crippen molar-refractivity contribution in [2.45, 2.75) is 0 Å². The topological polar surface area (TPSA) is 29.5 Å². The first-order chi connectivity index (χ1) is 4.93. The molecule has 0 heterocycles. The Labute approximate surface area is 86.7 Å². The molecule has 11 heavy (non-hydrogen) atoms. The molecule has 0 radical (unpaired) electrons. The summed E-state index contributed by atoms with van der Waals surface area (Å²) in [6.45, 7) is 0.429. The van der Waals surface area contributed by atoms with Crippen LogP contribution in [0.4, 0.5) is 0 Å². The molecule has 0 aliphatic heterocycles. The molecule has 0 atom stereocenters. The van der Waals surface area contributed by atoms with Crippen LogP contribution < -0.4 is 4.74 Å². The molecule has 1 aromatic carbocycles. The first-order valence-corrected chi connectivity index (χ1v) is 3.22. The minimum Gasteiger partial charge on any atom is -0.491 e. The van der Waals surface area contributed by atoms with Crippen molar-refractivity contribution in [1.82, 2.24) is 0 Å². The van der Waals surface area contributed by atoms with Crippen LogP contribution in [0.5, 0.6) is 5.75 Å². The third kappa shape index (κ3) is 4.38. The molecular formula is C8H10HgO2. The van der Waals surface area contributed by atoms with Gasteiger partial charge in [-0.15, -0.1) is 0 Å². The summed E-state index contributed by atoms with van der Waals surface area (Å²) in [5.41, 5.74) is 0. The minimum atomic E-state index is 0. The number of para-hydroxylation sites is 1. The summed E-state index contributed by atoms with van der Waals surface area (Å²) in [5, 5.41) is 8.40. The minimum absolute atomic E-state index is 0. The Morgan fingerprint density at radius 3 is 2.36 bits per heavy atom. The van der Waals surface area contributed by atoms with Gasteiger partial charge in [0, 0.05) is 27.7 Å². The van der Waals surface area contributed by atoms with Gasteiger partial charge < -0.3 is 9.84 Å². The molecular weight excluding hydrogens is 329 g/mol. The molecule has 0 bridgehead atoms. The van der Waals surface area contributed by atoms with Gasteiger partial charge >= 0.3 is 0 Å². The molecule has 0 spiro atoms. The van der Waals surface area contributed by atoms with E-state index in [4.69, 9.17) is 9.84 Å². The van der Waals surface area contributed by atoms with Crippen molar-refractivity contribution in [2.24, 2.45) is 0 Å². The van der Waals surface area contributed by atoms with Crippen molar-refractivity contribution in [2.75, 3.05) is 13.2 Å². The molecule has 0 amide bonds. The fraction of sp³-hybridized carbons (Fsp3) is 0.250. The molecule has 2 nitrogen and oxygen atoms in total. The molecule has 0 fully saturated rings. The van der Waals surface area contributed by atoms with Gasteiger partial charge in [0.05, 0.1) is 6.61 Å². The third-order valence-corrected chi connectivity index (χ3v) is 1.10. The Morgan fingerprint density at radius 2 is 1.82 bits per heavy atom. The Kier molecular flexibility index (Phi) is 6.56. The zero-order valence-corrected chi connectivity index (χ0v) is 11.9. The maximum absolute atomic E-state index is 8.40. The second-order valence-corrected chi connectivity index (χ2v) is 1.89. The predicted octanol–water partition coefficient (Wildman–Crippen LogP) is 1.06. The first-order valence-electron chi connectivity index (χ1n) is 3.22. The molecule has 1 N–H and O–H groups in total. The Balaban J connectivity index is 0.000001000. The molecule has 56 valence electrons. The molecule has 1 rings (SSSR count). The van der Waals surface area contributed by atoms with Crippen LogP contribution in [-0.2, 0) is 27.7 Å². The van der Waals surface area contributed by atoms with Gasteiger partial charge in [-0.1, -0.05) is 18.2 Å². The summed E-state index contributed by atoms with van der Waals surface area (Å²) in [4.78, 5) is 0. The van der Waals surface area contributed by atoms with Crippen molar-refractivity contribution in [3.05, 3.63) is 30.3 Å². The van der Waals surface area contributed by atoms with Crippen LogP contribution >= 0.6 is 0 Å². The number of benzene rings is 1. The largest absolute Gasteiger partial charge is 0.491 e. The molecule has 0 saturated carbocycles. The van der Waals surface area contributed by atoms with E-state index >= 15 is 0 Å². The van der Waals surface area contributed by atoms with Crippen LogP contribution in [0.1, 0.15) is 0 Å². The van der Waals surface area contributed by atoms with Crippen LogP contribution in [0.25, 0.3) is 0 Å². The van der Waals surface area contributed by atoms with Gasteiger partial charge in [0.15, 0.2) is 0 Å². The number of aliphatic hydroxyl groups excluding tert-OH is 1. The summed E-state index contributed by atoms with van der Waals surface area (Å²) in [7, 11) is 0. The number of rotatable bonds is 3. The van der Waals surface area contributed by atoms with E-state index in [9.17, 15) is 0 Å². The van der Waals surface area contributed by atoms with Crippen molar-refractivity contribution >= 4 is 0 Å². The second-order valence-electron chi connectivity index (χ2n) is 1.89. The van der Waals surface area contributed by atoms with Crippen molar-refractivity contribution in [3.63, 3.8) is 0 Å². The third-order valence-electron chi connectivity index (χ3n) is 1.10. The monoisotopic (exact) mass is 340 g/mol. The number of hydrogen-bond donors (Lipinski definition) is 1. The summed E-state index contributed by atoms with van der Waals surface area (Å²) >= 11 is 0. The number of aliphatic hydroxyl groups is 1. The average Bonchev–Trinajstić information content (AvgIpc) is 2.03. The summed E-state index contributed by atoms with van der Waals surface area (Å²) < 4.78 is 5.11. The van der Waals surface area contributed by atoms with E-state index in [1.807, 2.05) is 30.3 Å². The van der Waals surface area contributed by atoms with E-state index in [-0.39, 0.29) is 34.3 Å². The summed E-state index contributed by atoms with van der Waals surface area (Å²) in [6, 6.07) is 9.43. The molecule has 0 unspecified atom stereocenters. The fourth-order valence-electron chi connectivity index (χ4n) is 0.680. The average molecular weight is 339 g/mol. The zero-order valence-electron chi connectivity index (χ0n) is 6.36. The Bertz CT molecular complexity index is 177. The van der Waals surface area contributed by atoms with Crippen LogP contribution in [0.15, 0.2) is 30.3 Å². The van der Waals surface area contributed by atoms with Gasteiger partial charge in [0.2, 0.25) is 0 Å². The van der Waals surface area contributed by atoms with Crippen molar-refractivity contribution in [3.8, 4) is 5.75 Å². The molecule has 0 aliphatic carbocycles. The van der Waals surface area contributed by atoms with Gasteiger partial charge in [-0.25, -0.2) is 0 Å². The van der Waals surface area contributed by atoms with Gasteiger partial charge in [-0.05, 0) is 12.1 Å². The van der Waals surface area contributed by atoms with Crippen molar-refractivity contribution in [1.29, 1.82) is 0 Å². The van der Waals surface area contributed by atoms with Crippen LogP contribution in [0, 0.1) is 0 Å². The second kappa shape index (κ2) is 6.61. The SMILES string of the molecule is OCCOc1ccccc1.[Hg]. The molecule has 0 aliphatic rings. The smallest absolute Gasteiger partial charge is 0.119 e.